The van der Waals surface area contributed by atoms with Crippen molar-refractivity contribution in [3.63, 3.8) is 0 Å². The number of rotatable bonds is 6. The second-order valence-corrected chi connectivity index (χ2v) is 8.43. The smallest absolute Gasteiger partial charge is 0.259 e. The van der Waals surface area contributed by atoms with Crippen LogP contribution in [-0.4, -0.2) is 48.1 Å². The van der Waals surface area contributed by atoms with Crippen LogP contribution in [0.25, 0.3) is 10.8 Å². The first kappa shape index (κ1) is 21.0. The number of hydrogen-bond acceptors (Lipinski definition) is 6. The lowest BCUT2D eigenvalue weighted by atomic mass is 10.2. The summed E-state index contributed by atoms with van der Waals surface area (Å²) in [4.78, 5) is 24.8. The van der Waals surface area contributed by atoms with Gasteiger partial charge in [-0.15, -0.1) is 0 Å². The molecule has 2 aromatic heterocycles. The first-order chi connectivity index (χ1) is 16.2. The molecule has 0 spiro atoms. The van der Waals surface area contributed by atoms with Gasteiger partial charge in [0.05, 0.1) is 5.39 Å². The van der Waals surface area contributed by atoms with E-state index < -0.39 is 0 Å². The largest absolute Gasteiger partial charge is 0.369 e. The Morgan fingerprint density at radius 1 is 0.970 bits per heavy atom. The molecule has 1 aliphatic rings. The molecule has 7 nitrogen and oxygen atoms in total. The lowest BCUT2D eigenvalue weighted by molar-refractivity contribution is 0.313. The third-order valence-corrected chi connectivity index (χ3v) is 6.07. The van der Waals surface area contributed by atoms with Gasteiger partial charge in [-0.05, 0) is 54.4 Å². The van der Waals surface area contributed by atoms with E-state index in [0.717, 1.165) is 37.3 Å². The Balaban J connectivity index is 1.40. The monoisotopic (exact) mass is 440 g/mol. The normalized spacial score (nSPS) is 14.4. The minimum atomic E-state index is -0.161. The summed E-state index contributed by atoms with van der Waals surface area (Å²) in [5.74, 6) is 1.26. The molecule has 33 heavy (non-hydrogen) atoms. The summed E-state index contributed by atoms with van der Waals surface area (Å²) in [5, 5.41) is 8.13. The van der Waals surface area contributed by atoms with E-state index in [1.54, 1.807) is 6.20 Å². The summed E-state index contributed by atoms with van der Waals surface area (Å²) in [6.45, 7) is 4.85. The summed E-state index contributed by atoms with van der Waals surface area (Å²) in [7, 11) is 2.16. The van der Waals surface area contributed by atoms with Gasteiger partial charge < -0.3 is 25.4 Å². The molecule has 1 fully saturated rings. The van der Waals surface area contributed by atoms with E-state index >= 15 is 0 Å². The van der Waals surface area contributed by atoms with Crippen molar-refractivity contribution in [3.05, 3.63) is 88.8 Å². The maximum absolute atomic E-state index is 12.6. The van der Waals surface area contributed by atoms with Crippen molar-refractivity contribution in [2.24, 2.45) is 0 Å². The van der Waals surface area contributed by atoms with Gasteiger partial charge in [0.2, 0.25) is 0 Å². The molecule has 0 unspecified atom stereocenters. The molecule has 0 aliphatic carbocycles. The summed E-state index contributed by atoms with van der Waals surface area (Å²) in [6, 6.07) is 22.3. The molecule has 0 atom stereocenters. The maximum atomic E-state index is 12.6. The van der Waals surface area contributed by atoms with Crippen molar-refractivity contribution in [1.82, 2.24) is 14.9 Å². The van der Waals surface area contributed by atoms with Gasteiger partial charge in [-0.25, -0.2) is 4.98 Å². The number of nitrogens with one attached hydrogen (secondary N) is 3. The zero-order valence-electron chi connectivity index (χ0n) is 18.7. The number of anilines is 4. The van der Waals surface area contributed by atoms with Gasteiger partial charge >= 0.3 is 0 Å². The average Bonchev–Trinajstić information content (AvgIpc) is 2.84. The molecule has 168 valence electrons. The van der Waals surface area contributed by atoms with E-state index in [4.69, 9.17) is 4.98 Å². The highest BCUT2D eigenvalue weighted by Crippen LogP contribution is 2.26. The second-order valence-electron chi connectivity index (χ2n) is 8.43. The Hall–Kier alpha value is -3.84. The summed E-state index contributed by atoms with van der Waals surface area (Å²) in [6.07, 6.45) is 1.67. The standard InChI is InChI=1S/C26H28N6O/c1-31-13-15-32(16-14-31)22-9-7-21(8-10-22)29-25-24-20(11-12-27-26(24)33)17-23(30-25)28-18-19-5-3-2-4-6-19/h2-12,17H,13-16,18H2,1H3,(H,27,33)(H2,28,29,30). The number of pyridine rings is 2. The van der Waals surface area contributed by atoms with E-state index in [1.165, 1.54) is 11.3 Å². The fraction of sp³-hybridized carbons (Fsp3) is 0.231. The van der Waals surface area contributed by atoms with Crippen LogP contribution in [0.5, 0.6) is 0 Å². The van der Waals surface area contributed by atoms with Crippen molar-refractivity contribution < 1.29 is 0 Å². The number of aromatic amines is 1. The van der Waals surface area contributed by atoms with Crippen molar-refractivity contribution in [1.29, 1.82) is 0 Å². The average molecular weight is 441 g/mol. The van der Waals surface area contributed by atoms with Crippen molar-refractivity contribution in [2.45, 2.75) is 6.54 Å². The lowest BCUT2D eigenvalue weighted by Crippen LogP contribution is -2.44. The highest BCUT2D eigenvalue weighted by Gasteiger charge is 2.15. The third-order valence-electron chi connectivity index (χ3n) is 6.07. The van der Waals surface area contributed by atoms with E-state index in [1.807, 2.05) is 42.5 Å². The van der Waals surface area contributed by atoms with Gasteiger partial charge in [0.1, 0.15) is 11.6 Å². The molecular formula is C26H28N6O. The number of hydrogen-bond donors (Lipinski definition) is 3. The van der Waals surface area contributed by atoms with Crippen molar-refractivity contribution >= 4 is 33.8 Å². The Morgan fingerprint density at radius 3 is 2.48 bits per heavy atom. The Bertz CT molecular complexity index is 1280. The van der Waals surface area contributed by atoms with E-state index in [2.05, 4.69) is 56.7 Å². The van der Waals surface area contributed by atoms with Crippen LogP contribution in [0.2, 0.25) is 0 Å². The quantitative estimate of drug-likeness (QED) is 0.420. The van der Waals surface area contributed by atoms with Gasteiger partial charge in [0.15, 0.2) is 0 Å². The lowest BCUT2D eigenvalue weighted by Gasteiger charge is -2.34. The van der Waals surface area contributed by atoms with Crippen LogP contribution < -0.4 is 21.1 Å². The minimum Gasteiger partial charge on any atom is -0.369 e. The van der Waals surface area contributed by atoms with Crippen LogP contribution >= 0.6 is 0 Å². The number of likely N-dealkylation sites (N-methyl/N-ethyl adjacent to an activating group) is 1. The molecular weight excluding hydrogens is 412 g/mol. The first-order valence-corrected chi connectivity index (χ1v) is 11.3. The fourth-order valence-electron chi connectivity index (χ4n) is 4.14. The number of aromatic nitrogens is 2. The molecule has 1 aliphatic heterocycles. The van der Waals surface area contributed by atoms with Gasteiger partial charge in [0.25, 0.3) is 5.56 Å². The summed E-state index contributed by atoms with van der Waals surface area (Å²) in [5.41, 5.74) is 3.11. The molecule has 0 amide bonds. The molecule has 7 heteroatoms. The van der Waals surface area contributed by atoms with Crippen LogP contribution in [0, 0.1) is 0 Å². The molecule has 3 N–H and O–H groups in total. The van der Waals surface area contributed by atoms with Crippen LogP contribution in [0.15, 0.2) is 77.7 Å². The van der Waals surface area contributed by atoms with Crippen LogP contribution in [0.4, 0.5) is 23.0 Å². The number of fused-ring (bicyclic) bond motifs is 1. The predicted octanol–water partition coefficient (Wildman–Crippen LogP) is 4.03. The molecule has 3 heterocycles. The maximum Gasteiger partial charge on any atom is 0.259 e. The predicted molar refractivity (Wildman–Crippen MR) is 136 cm³/mol. The van der Waals surface area contributed by atoms with E-state index in [0.29, 0.717) is 23.6 Å². The third kappa shape index (κ3) is 4.83. The first-order valence-electron chi connectivity index (χ1n) is 11.3. The van der Waals surface area contributed by atoms with Gasteiger partial charge in [-0.3, -0.25) is 4.79 Å². The molecule has 1 saturated heterocycles. The van der Waals surface area contributed by atoms with Crippen LogP contribution in [0.1, 0.15) is 5.56 Å². The van der Waals surface area contributed by atoms with Crippen LogP contribution in [0.3, 0.4) is 0 Å². The zero-order valence-corrected chi connectivity index (χ0v) is 18.7. The number of benzene rings is 2. The Kier molecular flexibility index (Phi) is 5.95. The van der Waals surface area contributed by atoms with E-state index in [-0.39, 0.29) is 5.56 Å². The number of piperazine rings is 1. The summed E-state index contributed by atoms with van der Waals surface area (Å²) < 4.78 is 0. The van der Waals surface area contributed by atoms with Gasteiger partial charge in [-0.1, -0.05) is 30.3 Å². The molecule has 0 radical (unpaired) electrons. The Labute approximate surface area is 193 Å². The molecule has 5 rings (SSSR count). The molecule has 2 aromatic carbocycles. The van der Waals surface area contributed by atoms with Crippen molar-refractivity contribution in [3.8, 4) is 0 Å². The molecule has 0 saturated carbocycles. The molecule has 0 bridgehead atoms. The van der Waals surface area contributed by atoms with Gasteiger partial charge in [0, 0.05) is 50.3 Å². The van der Waals surface area contributed by atoms with E-state index in [9.17, 15) is 4.79 Å². The number of nitrogens with zero attached hydrogens (tertiary/aromatic N) is 3. The Morgan fingerprint density at radius 2 is 1.73 bits per heavy atom. The van der Waals surface area contributed by atoms with Crippen LogP contribution in [-0.2, 0) is 6.54 Å². The SMILES string of the molecule is CN1CCN(c2ccc(Nc3nc(NCc4ccccc4)cc4cc[nH]c(=O)c34)cc2)CC1. The zero-order chi connectivity index (χ0) is 22.6. The second kappa shape index (κ2) is 9.34. The highest BCUT2D eigenvalue weighted by atomic mass is 16.1. The van der Waals surface area contributed by atoms with Crippen molar-refractivity contribution in [2.75, 3.05) is 48.8 Å². The summed E-state index contributed by atoms with van der Waals surface area (Å²) >= 11 is 0. The van der Waals surface area contributed by atoms with Gasteiger partial charge in [-0.2, -0.15) is 0 Å². The highest BCUT2D eigenvalue weighted by molar-refractivity contribution is 5.94. The topological polar surface area (TPSA) is 76.3 Å². The molecule has 4 aromatic rings. The number of H-pyrrole nitrogens is 1. The fourth-order valence-corrected chi connectivity index (χ4v) is 4.14. The minimum absolute atomic E-state index is 0.161.